The molecule has 0 saturated carbocycles. The zero-order valence-corrected chi connectivity index (χ0v) is 14.0. The molecule has 0 aliphatic carbocycles. The van der Waals surface area contributed by atoms with Gasteiger partial charge in [-0.15, -0.1) is 0 Å². The number of nitrogens with zero attached hydrogens (tertiary/aromatic N) is 1. The third kappa shape index (κ3) is 9.23. The van der Waals surface area contributed by atoms with Crippen LogP contribution in [0.15, 0.2) is 0 Å². The molecule has 0 fully saturated rings. The number of amides is 10. The van der Waals surface area contributed by atoms with Gasteiger partial charge in [0.05, 0.1) is 0 Å². The van der Waals surface area contributed by atoms with E-state index in [4.69, 9.17) is 5.73 Å². The van der Waals surface area contributed by atoms with Crippen LogP contribution in [0, 0.1) is 5.92 Å². The van der Waals surface area contributed by atoms with Gasteiger partial charge in [-0.1, -0.05) is 27.2 Å². The van der Waals surface area contributed by atoms with E-state index in [9.17, 15) is 24.0 Å². The number of hydrogen-bond acceptors (Lipinski definition) is 5. The molecule has 0 rings (SSSR count). The van der Waals surface area contributed by atoms with Gasteiger partial charge in [0, 0.05) is 13.1 Å². The van der Waals surface area contributed by atoms with E-state index in [-0.39, 0.29) is 12.5 Å². The Morgan fingerprint density at radius 3 is 1.96 bits per heavy atom. The largest absolute Gasteiger partial charge is 0.351 e. The lowest BCUT2D eigenvalue weighted by Gasteiger charge is -2.20. The number of hydrogen-bond donors (Lipinski definition) is 5. The molecule has 10 amide bonds. The molecule has 0 aromatic rings. The molecule has 0 aromatic carbocycles. The van der Waals surface area contributed by atoms with Gasteiger partial charge in [-0.2, -0.15) is 0 Å². The number of carbonyl (C=O) groups excluding carboxylic acids is 5. The molecule has 0 atom stereocenters. The lowest BCUT2D eigenvalue weighted by Crippen LogP contribution is -2.55. The maximum atomic E-state index is 12.0. The third-order valence-electron chi connectivity index (χ3n) is 2.57. The number of nitrogens with one attached hydrogen (secondary N) is 4. The van der Waals surface area contributed by atoms with Gasteiger partial charge in [-0.25, -0.2) is 28.9 Å². The molecule has 0 radical (unpaired) electrons. The van der Waals surface area contributed by atoms with Crippen LogP contribution < -0.4 is 27.0 Å². The monoisotopic (exact) mass is 344 g/mol. The van der Waals surface area contributed by atoms with Gasteiger partial charge in [-0.05, 0) is 12.3 Å². The van der Waals surface area contributed by atoms with Crippen LogP contribution in [-0.4, -0.2) is 48.1 Å². The lowest BCUT2D eigenvalue weighted by molar-refractivity contribution is 0.184. The summed E-state index contributed by atoms with van der Waals surface area (Å²) in [6, 6.07) is -5.17. The molecule has 0 saturated heterocycles. The van der Waals surface area contributed by atoms with E-state index >= 15 is 0 Å². The van der Waals surface area contributed by atoms with Crippen molar-refractivity contribution in [3.05, 3.63) is 0 Å². The highest BCUT2D eigenvalue weighted by Crippen LogP contribution is 1.97. The summed E-state index contributed by atoms with van der Waals surface area (Å²) in [6.45, 7) is 5.92. The van der Waals surface area contributed by atoms with Gasteiger partial charge in [0.1, 0.15) is 0 Å². The smallest absolute Gasteiger partial charge is 0.333 e. The van der Waals surface area contributed by atoms with Crippen molar-refractivity contribution in [1.29, 1.82) is 0 Å². The van der Waals surface area contributed by atoms with E-state index in [2.05, 4.69) is 5.32 Å². The summed E-state index contributed by atoms with van der Waals surface area (Å²) < 4.78 is 0. The predicted molar refractivity (Wildman–Crippen MR) is 85.0 cm³/mol. The zero-order chi connectivity index (χ0) is 18.7. The first-order valence-electron chi connectivity index (χ1n) is 7.45. The van der Waals surface area contributed by atoms with Crippen LogP contribution in [0.4, 0.5) is 24.0 Å². The summed E-state index contributed by atoms with van der Waals surface area (Å²) in [4.78, 5) is 58.0. The van der Waals surface area contributed by atoms with E-state index in [0.717, 1.165) is 0 Å². The highest BCUT2D eigenvalue weighted by Gasteiger charge is 2.24. The minimum atomic E-state index is -1.17. The molecule has 0 aliphatic rings. The third-order valence-corrected chi connectivity index (χ3v) is 2.57. The molecule has 0 spiro atoms. The molecule has 0 heterocycles. The molecule has 0 unspecified atom stereocenters. The van der Waals surface area contributed by atoms with Gasteiger partial charge in [-0.3, -0.25) is 16.0 Å². The first kappa shape index (κ1) is 21.1. The second-order valence-corrected chi connectivity index (χ2v) is 5.29. The average Bonchev–Trinajstić information content (AvgIpc) is 2.44. The van der Waals surface area contributed by atoms with Crippen LogP contribution in [0.1, 0.15) is 33.6 Å². The molecule has 0 bridgehead atoms. The summed E-state index contributed by atoms with van der Waals surface area (Å²) in [5.41, 5.74) is 4.74. The molecule has 11 nitrogen and oxygen atoms in total. The van der Waals surface area contributed by atoms with Crippen LogP contribution in [0.25, 0.3) is 0 Å². The van der Waals surface area contributed by atoms with Crippen molar-refractivity contribution < 1.29 is 24.0 Å². The Morgan fingerprint density at radius 2 is 1.50 bits per heavy atom. The van der Waals surface area contributed by atoms with Crippen molar-refractivity contribution in [2.24, 2.45) is 11.7 Å². The summed E-state index contributed by atoms with van der Waals surface area (Å²) in [5, 5.41) is 7.85. The van der Waals surface area contributed by atoms with E-state index in [0.29, 0.717) is 24.3 Å². The van der Waals surface area contributed by atoms with Gasteiger partial charge in [0.25, 0.3) is 0 Å². The fourth-order valence-electron chi connectivity index (χ4n) is 1.42. The number of carbonyl (C=O) groups is 5. The molecule has 6 N–H and O–H groups in total. The van der Waals surface area contributed by atoms with E-state index in [1.165, 1.54) is 0 Å². The second-order valence-electron chi connectivity index (χ2n) is 5.29. The maximum absolute atomic E-state index is 12.0. The Labute approximate surface area is 139 Å². The molecular formula is C13H24N6O5. The summed E-state index contributed by atoms with van der Waals surface area (Å²) in [7, 11) is 0. The van der Waals surface area contributed by atoms with Gasteiger partial charge >= 0.3 is 30.2 Å². The molecular weight excluding hydrogens is 320 g/mol. The molecule has 0 aromatic heterocycles. The van der Waals surface area contributed by atoms with Crippen molar-refractivity contribution >= 4 is 30.2 Å². The number of unbranched alkanes of at least 4 members (excludes halogenated alkanes) is 1. The Kier molecular flexibility index (Phi) is 9.52. The maximum Gasteiger partial charge on any atom is 0.333 e. The number of primary amides is 1. The second kappa shape index (κ2) is 10.8. The van der Waals surface area contributed by atoms with Crippen molar-refractivity contribution in [2.45, 2.75) is 33.6 Å². The summed E-state index contributed by atoms with van der Waals surface area (Å²) in [5.74, 6) is 0.183. The van der Waals surface area contributed by atoms with Crippen LogP contribution in [0.2, 0.25) is 0 Å². The molecule has 11 heteroatoms. The van der Waals surface area contributed by atoms with Gasteiger partial charge in [0.15, 0.2) is 0 Å². The van der Waals surface area contributed by atoms with Crippen LogP contribution in [0.3, 0.4) is 0 Å². The fourth-order valence-corrected chi connectivity index (χ4v) is 1.42. The standard InChI is InChI=1S/C13H24N6O5/c1-4-5-6-19(13(24)18-11(22)16-9(14)20)12(23)17-10(21)15-7-8(2)3/h8H,4-7H2,1-3H3,(H2,15,17,21,23)(H4,14,16,18,20,22,24). The Morgan fingerprint density at radius 1 is 0.958 bits per heavy atom. The first-order chi connectivity index (χ1) is 11.2. The minimum absolute atomic E-state index is 0.0184. The molecule has 0 aliphatic heterocycles. The lowest BCUT2D eigenvalue weighted by atomic mass is 10.2. The van der Waals surface area contributed by atoms with E-state index in [1.807, 2.05) is 26.1 Å². The summed E-state index contributed by atoms with van der Waals surface area (Å²) in [6.07, 6.45) is 1.13. The Balaban J connectivity index is 4.75. The van der Waals surface area contributed by atoms with Crippen LogP contribution >= 0.6 is 0 Å². The van der Waals surface area contributed by atoms with Crippen molar-refractivity contribution in [3.8, 4) is 0 Å². The topological polar surface area (TPSA) is 163 Å². The Hall–Kier alpha value is -2.85. The minimum Gasteiger partial charge on any atom is -0.351 e. The Bertz CT molecular complexity index is 493. The number of urea groups is 5. The predicted octanol–water partition coefficient (Wildman–Crippen LogP) is 0.662. The summed E-state index contributed by atoms with van der Waals surface area (Å²) >= 11 is 0. The van der Waals surface area contributed by atoms with Crippen molar-refractivity contribution in [1.82, 2.24) is 26.2 Å². The quantitative estimate of drug-likeness (QED) is 0.494. The van der Waals surface area contributed by atoms with Crippen molar-refractivity contribution in [3.63, 3.8) is 0 Å². The first-order valence-corrected chi connectivity index (χ1v) is 7.45. The fraction of sp³-hybridized carbons (Fsp3) is 0.615. The number of rotatable bonds is 5. The highest BCUT2D eigenvalue weighted by atomic mass is 16.2. The molecule has 136 valence electrons. The van der Waals surface area contributed by atoms with Gasteiger partial charge in [0.2, 0.25) is 0 Å². The number of nitrogens with two attached hydrogens (primary N) is 1. The molecule has 24 heavy (non-hydrogen) atoms. The van der Waals surface area contributed by atoms with Crippen LogP contribution in [-0.2, 0) is 0 Å². The normalized spacial score (nSPS) is 9.83. The van der Waals surface area contributed by atoms with Crippen LogP contribution in [0.5, 0.6) is 0 Å². The van der Waals surface area contributed by atoms with Crippen molar-refractivity contribution in [2.75, 3.05) is 13.1 Å². The average molecular weight is 344 g/mol. The SMILES string of the molecule is CCCCN(C(=O)NC(=O)NCC(C)C)C(=O)NC(=O)NC(N)=O. The van der Waals surface area contributed by atoms with E-state index in [1.54, 1.807) is 10.6 Å². The highest BCUT2D eigenvalue weighted by molar-refractivity contribution is 6.07. The zero-order valence-electron chi connectivity index (χ0n) is 14.0. The van der Waals surface area contributed by atoms with Gasteiger partial charge < -0.3 is 11.1 Å². The van der Waals surface area contributed by atoms with E-state index < -0.39 is 30.2 Å². The number of imide groups is 4.